The molecule has 2 aromatic rings. The van der Waals surface area contributed by atoms with Crippen molar-refractivity contribution < 1.29 is 19.5 Å². The lowest BCUT2D eigenvalue weighted by atomic mass is 9.97. The van der Waals surface area contributed by atoms with Crippen LogP contribution in [0.3, 0.4) is 0 Å². The number of likely N-dealkylation sites (tertiary alicyclic amines) is 1. The zero-order chi connectivity index (χ0) is 22.1. The number of benzene rings is 2. The Morgan fingerprint density at radius 2 is 1.65 bits per heavy atom. The van der Waals surface area contributed by atoms with Gasteiger partial charge in [0, 0.05) is 49.6 Å². The van der Waals surface area contributed by atoms with E-state index in [4.69, 9.17) is 0 Å². The topological polar surface area (TPSA) is 111 Å². The van der Waals surface area contributed by atoms with Gasteiger partial charge >= 0.3 is 6.03 Å². The number of carbonyl (C=O) groups is 3. The van der Waals surface area contributed by atoms with Gasteiger partial charge in [0.2, 0.25) is 5.91 Å². The van der Waals surface area contributed by atoms with E-state index in [0.29, 0.717) is 30.0 Å². The molecule has 4 amide bonds. The van der Waals surface area contributed by atoms with Crippen molar-refractivity contribution in [3.63, 3.8) is 0 Å². The summed E-state index contributed by atoms with van der Waals surface area (Å²) in [6, 6.07) is 15.5. The molecule has 31 heavy (non-hydrogen) atoms. The Kier molecular flexibility index (Phi) is 8.00. The van der Waals surface area contributed by atoms with Crippen LogP contribution in [0.1, 0.15) is 29.6 Å². The Morgan fingerprint density at radius 1 is 0.935 bits per heavy atom. The highest BCUT2D eigenvalue weighted by atomic mass is 16.3. The molecule has 0 spiro atoms. The van der Waals surface area contributed by atoms with Crippen molar-refractivity contribution >= 4 is 29.2 Å². The third kappa shape index (κ3) is 6.82. The van der Waals surface area contributed by atoms with Crippen LogP contribution in [0.2, 0.25) is 0 Å². The van der Waals surface area contributed by atoms with E-state index in [-0.39, 0.29) is 43.3 Å². The van der Waals surface area contributed by atoms with Crippen LogP contribution < -0.4 is 16.0 Å². The van der Waals surface area contributed by atoms with Gasteiger partial charge in [-0.1, -0.05) is 24.3 Å². The first kappa shape index (κ1) is 22.3. The number of rotatable bonds is 7. The molecule has 1 aliphatic rings. The van der Waals surface area contributed by atoms with Crippen LogP contribution in [0.5, 0.6) is 0 Å². The standard InChI is InChI=1S/C23H28N4O4/c28-16-17-10-13-27(14-11-17)22(30)18-5-4-8-20(15-18)25-21(29)9-12-24-23(31)26-19-6-2-1-3-7-19/h1-8,15,17,28H,9-14,16H2,(H,25,29)(H2,24,26,31). The van der Waals surface area contributed by atoms with Gasteiger partial charge in [0.1, 0.15) is 0 Å². The van der Waals surface area contributed by atoms with Crippen molar-refractivity contribution in [3.05, 3.63) is 60.2 Å². The molecule has 0 unspecified atom stereocenters. The monoisotopic (exact) mass is 424 g/mol. The normalized spacial score (nSPS) is 14.0. The van der Waals surface area contributed by atoms with Gasteiger partial charge in [-0.15, -0.1) is 0 Å². The minimum absolute atomic E-state index is 0.0771. The van der Waals surface area contributed by atoms with Gasteiger partial charge < -0.3 is 26.0 Å². The molecule has 8 heteroatoms. The molecule has 1 saturated heterocycles. The van der Waals surface area contributed by atoms with Gasteiger partial charge in [-0.05, 0) is 49.1 Å². The lowest BCUT2D eigenvalue weighted by molar-refractivity contribution is -0.116. The van der Waals surface area contributed by atoms with Crippen molar-refractivity contribution in [3.8, 4) is 0 Å². The number of para-hydroxylation sites is 1. The average Bonchev–Trinajstić information content (AvgIpc) is 2.79. The molecule has 1 heterocycles. The smallest absolute Gasteiger partial charge is 0.319 e. The van der Waals surface area contributed by atoms with Gasteiger partial charge in [0.15, 0.2) is 0 Å². The highest BCUT2D eigenvalue weighted by molar-refractivity contribution is 5.97. The van der Waals surface area contributed by atoms with E-state index in [0.717, 1.165) is 12.8 Å². The number of aliphatic hydroxyl groups excluding tert-OH is 1. The van der Waals surface area contributed by atoms with Gasteiger partial charge in [0.05, 0.1) is 0 Å². The fourth-order valence-corrected chi connectivity index (χ4v) is 3.44. The zero-order valence-corrected chi connectivity index (χ0v) is 17.3. The molecule has 0 bridgehead atoms. The van der Waals surface area contributed by atoms with E-state index in [1.54, 1.807) is 41.3 Å². The Hall–Kier alpha value is -3.39. The number of amides is 4. The second kappa shape index (κ2) is 11.1. The maximum absolute atomic E-state index is 12.7. The van der Waals surface area contributed by atoms with Crippen molar-refractivity contribution in [2.24, 2.45) is 5.92 Å². The zero-order valence-electron chi connectivity index (χ0n) is 17.3. The van der Waals surface area contributed by atoms with E-state index in [1.807, 2.05) is 18.2 Å². The van der Waals surface area contributed by atoms with Crippen molar-refractivity contribution in [1.82, 2.24) is 10.2 Å². The Bertz CT molecular complexity index is 895. The summed E-state index contributed by atoms with van der Waals surface area (Å²) in [5.41, 5.74) is 1.72. The van der Waals surface area contributed by atoms with Gasteiger partial charge in [-0.25, -0.2) is 4.79 Å². The second-order valence-corrected chi connectivity index (χ2v) is 7.54. The van der Waals surface area contributed by atoms with Crippen LogP contribution in [0.15, 0.2) is 54.6 Å². The maximum Gasteiger partial charge on any atom is 0.319 e. The molecule has 3 rings (SSSR count). The summed E-state index contributed by atoms with van der Waals surface area (Å²) in [5.74, 6) is -0.0711. The van der Waals surface area contributed by atoms with Gasteiger partial charge in [0.25, 0.3) is 5.91 Å². The number of anilines is 2. The van der Waals surface area contributed by atoms with Crippen LogP contribution >= 0.6 is 0 Å². The molecule has 8 nitrogen and oxygen atoms in total. The second-order valence-electron chi connectivity index (χ2n) is 7.54. The number of piperidine rings is 1. The van der Waals surface area contributed by atoms with Gasteiger partial charge in [-0.3, -0.25) is 9.59 Å². The number of aliphatic hydroxyl groups is 1. The molecule has 4 N–H and O–H groups in total. The van der Waals surface area contributed by atoms with Crippen LogP contribution in [0.4, 0.5) is 16.2 Å². The molecule has 1 fully saturated rings. The van der Waals surface area contributed by atoms with Crippen LogP contribution in [0, 0.1) is 5.92 Å². The summed E-state index contributed by atoms with van der Waals surface area (Å²) in [4.78, 5) is 38.6. The summed E-state index contributed by atoms with van der Waals surface area (Å²) in [6.45, 7) is 1.59. The summed E-state index contributed by atoms with van der Waals surface area (Å²) in [6.07, 6.45) is 1.70. The average molecular weight is 425 g/mol. The Morgan fingerprint density at radius 3 is 2.35 bits per heavy atom. The van der Waals surface area contributed by atoms with E-state index >= 15 is 0 Å². The third-order valence-corrected chi connectivity index (χ3v) is 5.22. The fourth-order valence-electron chi connectivity index (χ4n) is 3.44. The first-order chi connectivity index (χ1) is 15.0. The van der Waals surface area contributed by atoms with E-state index in [2.05, 4.69) is 16.0 Å². The number of urea groups is 1. The third-order valence-electron chi connectivity index (χ3n) is 5.22. The van der Waals surface area contributed by atoms with Gasteiger partial charge in [-0.2, -0.15) is 0 Å². The lowest BCUT2D eigenvalue weighted by Gasteiger charge is -2.31. The molecule has 0 aliphatic carbocycles. The first-order valence-electron chi connectivity index (χ1n) is 10.4. The Labute approximate surface area is 181 Å². The number of nitrogens with one attached hydrogen (secondary N) is 3. The maximum atomic E-state index is 12.7. The minimum atomic E-state index is -0.378. The van der Waals surface area contributed by atoms with Crippen LogP contribution in [-0.2, 0) is 4.79 Å². The predicted molar refractivity (Wildman–Crippen MR) is 119 cm³/mol. The largest absolute Gasteiger partial charge is 0.396 e. The molecule has 0 aromatic heterocycles. The summed E-state index contributed by atoms with van der Waals surface area (Å²) in [5, 5.41) is 17.3. The van der Waals surface area contributed by atoms with E-state index in [9.17, 15) is 19.5 Å². The molecule has 0 saturated carbocycles. The first-order valence-corrected chi connectivity index (χ1v) is 10.4. The molecule has 0 radical (unpaired) electrons. The fraction of sp³-hybridized carbons (Fsp3) is 0.348. The summed E-state index contributed by atoms with van der Waals surface area (Å²) < 4.78 is 0. The molecule has 0 atom stereocenters. The lowest BCUT2D eigenvalue weighted by Crippen LogP contribution is -2.39. The summed E-state index contributed by atoms with van der Waals surface area (Å²) >= 11 is 0. The van der Waals surface area contributed by atoms with Crippen molar-refractivity contribution in [2.45, 2.75) is 19.3 Å². The molecular formula is C23H28N4O4. The predicted octanol–water partition coefficient (Wildman–Crippen LogP) is 2.68. The molecule has 164 valence electrons. The highest BCUT2D eigenvalue weighted by Crippen LogP contribution is 2.20. The Balaban J connectivity index is 1.44. The van der Waals surface area contributed by atoms with Crippen molar-refractivity contribution in [2.75, 3.05) is 36.9 Å². The molecule has 1 aliphatic heterocycles. The number of hydrogen-bond acceptors (Lipinski definition) is 4. The summed E-state index contributed by atoms with van der Waals surface area (Å²) in [7, 11) is 0. The van der Waals surface area contributed by atoms with E-state index < -0.39 is 0 Å². The number of carbonyl (C=O) groups excluding carboxylic acids is 3. The quantitative estimate of drug-likeness (QED) is 0.548. The van der Waals surface area contributed by atoms with Crippen LogP contribution in [0.25, 0.3) is 0 Å². The van der Waals surface area contributed by atoms with Crippen molar-refractivity contribution in [1.29, 1.82) is 0 Å². The number of nitrogens with zero attached hydrogens (tertiary/aromatic N) is 1. The minimum Gasteiger partial charge on any atom is -0.396 e. The number of hydrogen-bond donors (Lipinski definition) is 4. The SMILES string of the molecule is O=C(CCNC(=O)Nc1ccccc1)Nc1cccc(C(=O)N2CCC(CO)CC2)c1. The van der Waals surface area contributed by atoms with Crippen LogP contribution in [-0.4, -0.2) is 54.1 Å². The van der Waals surface area contributed by atoms with E-state index in [1.165, 1.54) is 0 Å². The highest BCUT2D eigenvalue weighted by Gasteiger charge is 2.23. The molecular weight excluding hydrogens is 396 g/mol. The molecule has 2 aromatic carbocycles.